The molecule has 140 valence electrons. The second-order valence-corrected chi connectivity index (χ2v) is 7.87. The Morgan fingerprint density at radius 2 is 2.11 bits per heavy atom. The van der Waals surface area contributed by atoms with Crippen molar-refractivity contribution >= 4 is 27.8 Å². The van der Waals surface area contributed by atoms with E-state index in [0.717, 1.165) is 36.4 Å². The molecule has 7 heteroatoms. The molecule has 0 saturated heterocycles. The minimum absolute atomic E-state index is 0.123. The van der Waals surface area contributed by atoms with Crippen molar-refractivity contribution in [1.82, 2.24) is 14.6 Å². The van der Waals surface area contributed by atoms with Gasteiger partial charge in [0, 0.05) is 24.5 Å². The van der Waals surface area contributed by atoms with Gasteiger partial charge in [-0.2, -0.15) is 9.78 Å². The van der Waals surface area contributed by atoms with E-state index in [-0.39, 0.29) is 5.56 Å². The van der Waals surface area contributed by atoms with Gasteiger partial charge in [-0.1, -0.05) is 30.3 Å². The molecule has 0 aliphatic carbocycles. The van der Waals surface area contributed by atoms with Gasteiger partial charge in [-0.15, -0.1) is 11.3 Å². The first-order valence-corrected chi connectivity index (χ1v) is 9.95. The fourth-order valence-corrected chi connectivity index (χ4v) is 4.79. The highest BCUT2D eigenvalue weighted by Gasteiger charge is 2.23. The Kier molecular flexibility index (Phi) is 4.38. The van der Waals surface area contributed by atoms with E-state index in [1.165, 1.54) is 27.7 Å². The molecule has 0 amide bonds. The average Bonchev–Trinajstić information content (AvgIpc) is 3.35. The van der Waals surface area contributed by atoms with Gasteiger partial charge in [-0.05, 0) is 29.7 Å². The van der Waals surface area contributed by atoms with Crippen LogP contribution < -0.4 is 5.56 Å². The van der Waals surface area contributed by atoms with Crippen molar-refractivity contribution in [3.8, 4) is 0 Å². The van der Waals surface area contributed by atoms with Crippen LogP contribution in [0, 0.1) is 0 Å². The summed E-state index contributed by atoms with van der Waals surface area (Å²) in [7, 11) is 0. The number of benzene rings is 1. The monoisotopic (exact) mass is 390 g/mol. The molecule has 0 saturated carbocycles. The van der Waals surface area contributed by atoms with Gasteiger partial charge < -0.3 is 4.42 Å². The van der Waals surface area contributed by atoms with Gasteiger partial charge in [0.25, 0.3) is 5.56 Å². The minimum Gasteiger partial charge on any atom is -0.463 e. The maximum Gasteiger partial charge on any atom is 0.282 e. The van der Waals surface area contributed by atoms with Crippen molar-refractivity contribution in [3.63, 3.8) is 0 Å². The van der Waals surface area contributed by atoms with Crippen LogP contribution in [0.1, 0.15) is 21.8 Å². The van der Waals surface area contributed by atoms with Crippen molar-refractivity contribution in [3.05, 3.63) is 87.2 Å². The Bertz CT molecular complexity index is 1190. The number of fused-ring (bicyclic) bond motifs is 3. The summed E-state index contributed by atoms with van der Waals surface area (Å²) in [5, 5.41) is 4.92. The fraction of sp³-hybridized carbons (Fsp3) is 0.190. The summed E-state index contributed by atoms with van der Waals surface area (Å²) in [4.78, 5) is 21.9. The first kappa shape index (κ1) is 17.1. The van der Waals surface area contributed by atoms with Crippen LogP contribution in [-0.4, -0.2) is 27.3 Å². The standard InChI is InChI=1S/C21H18N4O2S/c26-21-19-17-8-9-24(12-15-5-2-1-3-6-15)13-18(17)28-20(19)22-14-25(21)23-11-16-7-4-10-27-16/h1-7,10-11,14H,8-9,12-13H2/b23-11+. The Balaban J connectivity index is 1.45. The Morgan fingerprint density at radius 3 is 2.93 bits per heavy atom. The molecular formula is C21H18N4O2S. The molecule has 0 N–H and O–H groups in total. The number of nitrogens with zero attached hydrogens (tertiary/aromatic N) is 4. The second-order valence-electron chi connectivity index (χ2n) is 6.78. The first-order valence-electron chi connectivity index (χ1n) is 9.14. The van der Waals surface area contributed by atoms with Gasteiger partial charge >= 0.3 is 0 Å². The molecule has 4 aromatic rings. The fourth-order valence-electron chi connectivity index (χ4n) is 3.57. The van der Waals surface area contributed by atoms with Gasteiger partial charge in [0.1, 0.15) is 16.9 Å². The number of rotatable bonds is 4. The summed E-state index contributed by atoms with van der Waals surface area (Å²) >= 11 is 1.62. The van der Waals surface area contributed by atoms with Crippen molar-refractivity contribution in [2.24, 2.45) is 5.10 Å². The van der Waals surface area contributed by atoms with Crippen molar-refractivity contribution in [2.75, 3.05) is 6.54 Å². The number of aromatic nitrogens is 2. The Hall–Kier alpha value is -3.03. The van der Waals surface area contributed by atoms with E-state index in [0.29, 0.717) is 11.1 Å². The van der Waals surface area contributed by atoms with E-state index in [4.69, 9.17) is 4.42 Å². The van der Waals surface area contributed by atoms with Crippen LogP contribution in [0.15, 0.2) is 69.4 Å². The summed E-state index contributed by atoms with van der Waals surface area (Å²) in [6.45, 7) is 2.69. The predicted molar refractivity (Wildman–Crippen MR) is 110 cm³/mol. The van der Waals surface area contributed by atoms with Crippen LogP contribution in [0.25, 0.3) is 10.2 Å². The normalized spacial score (nSPS) is 14.7. The van der Waals surface area contributed by atoms with Gasteiger partial charge in [-0.25, -0.2) is 4.98 Å². The van der Waals surface area contributed by atoms with E-state index in [2.05, 4.69) is 39.3 Å². The lowest BCUT2D eigenvalue weighted by Crippen LogP contribution is -2.29. The zero-order valence-corrected chi connectivity index (χ0v) is 15.9. The Labute approximate surface area is 165 Å². The molecule has 4 heterocycles. The zero-order chi connectivity index (χ0) is 18.9. The lowest BCUT2D eigenvalue weighted by atomic mass is 10.0. The molecule has 1 aliphatic rings. The topological polar surface area (TPSA) is 63.6 Å². The van der Waals surface area contributed by atoms with Crippen molar-refractivity contribution < 1.29 is 4.42 Å². The maximum absolute atomic E-state index is 13.0. The molecule has 6 nitrogen and oxygen atoms in total. The van der Waals surface area contributed by atoms with Gasteiger partial charge in [-0.3, -0.25) is 9.69 Å². The number of hydrogen-bond acceptors (Lipinski definition) is 6. The molecule has 0 fully saturated rings. The number of hydrogen-bond donors (Lipinski definition) is 0. The quantitative estimate of drug-likeness (QED) is 0.501. The van der Waals surface area contributed by atoms with E-state index in [1.54, 1.807) is 29.7 Å². The lowest BCUT2D eigenvalue weighted by Gasteiger charge is -2.26. The van der Waals surface area contributed by atoms with Crippen molar-refractivity contribution in [2.45, 2.75) is 19.5 Å². The highest BCUT2D eigenvalue weighted by molar-refractivity contribution is 7.18. The molecular weight excluding hydrogens is 372 g/mol. The molecule has 1 aliphatic heterocycles. The summed E-state index contributed by atoms with van der Waals surface area (Å²) in [5.41, 5.74) is 2.31. The van der Waals surface area contributed by atoms with Crippen LogP contribution in [-0.2, 0) is 19.5 Å². The molecule has 3 aromatic heterocycles. The van der Waals surface area contributed by atoms with E-state index in [9.17, 15) is 4.79 Å². The van der Waals surface area contributed by atoms with Crippen LogP contribution >= 0.6 is 11.3 Å². The summed E-state index contributed by atoms with van der Waals surface area (Å²) < 4.78 is 6.52. The van der Waals surface area contributed by atoms with E-state index < -0.39 is 0 Å². The molecule has 0 unspecified atom stereocenters. The molecule has 0 atom stereocenters. The van der Waals surface area contributed by atoms with Crippen LogP contribution in [0.3, 0.4) is 0 Å². The van der Waals surface area contributed by atoms with Crippen LogP contribution in [0.5, 0.6) is 0 Å². The molecule has 1 aromatic carbocycles. The number of furan rings is 1. The van der Waals surface area contributed by atoms with Crippen LogP contribution in [0.2, 0.25) is 0 Å². The maximum atomic E-state index is 13.0. The average molecular weight is 390 g/mol. The highest BCUT2D eigenvalue weighted by Crippen LogP contribution is 2.32. The summed E-state index contributed by atoms with van der Waals surface area (Å²) in [6.07, 6.45) is 5.43. The minimum atomic E-state index is -0.123. The van der Waals surface area contributed by atoms with E-state index >= 15 is 0 Å². The first-order chi connectivity index (χ1) is 13.8. The molecule has 0 bridgehead atoms. The molecule has 0 radical (unpaired) electrons. The summed E-state index contributed by atoms with van der Waals surface area (Å²) in [6, 6.07) is 14.0. The smallest absolute Gasteiger partial charge is 0.282 e. The van der Waals surface area contributed by atoms with E-state index in [1.807, 2.05) is 6.07 Å². The lowest BCUT2D eigenvalue weighted by molar-refractivity contribution is 0.249. The SMILES string of the molecule is O=c1c2c3c(sc2ncn1/N=C/c1ccco1)CN(Cc1ccccc1)CC3. The molecule has 28 heavy (non-hydrogen) atoms. The second kappa shape index (κ2) is 7.18. The molecule has 0 spiro atoms. The molecule has 5 rings (SSSR count). The third-order valence-electron chi connectivity index (χ3n) is 4.93. The largest absolute Gasteiger partial charge is 0.463 e. The van der Waals surface area contributed by atoms with Gasteiger partial charge in [0.15, 0.2) is 0 Å². The predicted octanol–water partition coefficient (Wildman–Crippen LogP) is 3.49. The highest BCUT2D eigenvalue weighted by atomic mass is 32.1. The third-order valence-corrected chi connectivity index (χ3v) is 6.05. The van der Waals surface area contributed by atoms with Crippen LogP contribution in [0.4, 0.5) is 0 Å². The Morgan fingerprint density at radius 1 is 1.21 bits per heavy atom. The summed E-state index contributed by atoms with van der Waals surface area (Å²) in [5.74, 6) is 0.593. The third kappa shape index (κ3) is 3.19. The van der Waals surface area contributed by atoms with Crippen molar-refractivity contribution in [1.29, 1.82) is 0 Å². The van der Waals surface area contributed by atoms with Gasteiger partial charge in [0.2, 0.25) is 0 Å². The van der Waals surface area contributed by atoms with Gasteiger partial charge in [0.05, 0.1) is 17.9 Å². The zero-order valence-electron chi connectivity index (χ0n) is 15.1. The number of thiophene rings is 1.